The van der Waals surface area contributed by atoms with Crippen molar-refractivity contribution in [2.45, 2.75) is 46.8 Å². The average molecular weight is 336 g/mol. The van der Waals surface area contributed by atoms with Crippen molar-refractivity contribution in [2.24, 2.45) is 22.7 Å². The van der Waals surface area contributed by atoms with E-state index >= 15 is 0 Å². The number of carbonyl (C=O) groups is 1. The summed E-state index contributed by atoms with van der Waals surface area (Å²) in [5.74, 6) is 0.639. The first-order valence-electron chi connectivity index (χ1n) is 7.42. The number of amides is 1. The van der Waals surface area contributed by atoms with Crippen LogP contribution in [-0.4, -0.2) is 41.1 Å². The van der Waals surface area contributed by atoms with E-state index in [1.54, 1.807) is 25.7 Å². The number of halogens is 3. The molecule has 1 aliphatic heterocycles. The van der Waals surface area contributed by atoms with Gasteiger partial charge in [-0.05, 0) is 22.7 Å². The van der Waals surface area contributed by atoms with E-state index in [2.05, 4.69) is 31.4 Å². The number of carbonyl (C=O) groups excluding carboxylic acids is 1. The van der Waals surface area contributed by atoms with Crippen molar-refractivity contribution >= 4 is 23.1 Å². The van der Waals surface area contributed by atoms with Crippen LogP contribution in [0.1, 0.15) is 34.6 Å². The molecule has 1 saturated carbocycles. The topological polar surface area (TPSA) is 32.3 Å². The molecule has 0 aromatic carbocycles. The highest BCUT2D eigenvalue weighted by molar-refractivity contribution is 7.80. The molecular weight excluding hydrogens is 313 g/mol. The summed E-state index contributed by atoms with van der Waals surface area (Å²) in [4.78, 5) is 13.1. The van der Waals surface area contributed by atoms with Gasteiger partial charge < -0.3 is 10.2 Å². The maximum absolute atomic E-state index is 12.7. The number of nitrogens with one attached hydrogen (secondary N) is 1. The fraction of sp³-hybridized carbons (Fsp3) is 0.867. The lowest BCUT2D eigenvalue weighted by Crippen LogP contribution is -2.56. The van der Waals surface area contributed by atoms with E-state index in [1.807, 2.05) is 0 Å². The van der Waals surface area contributed by atoms with Gasteiger partial charge in [-0.1, -0.05) is 46.8 Å². The van der Waals surface area contributed by atoms with Crippen LogP contribution in [0.3, 0.4) is 0 Å². The van der Waals surface area contributed by atoms with E-state index < -0.39 is 22.6 Å². The number of fused-ring (bicyclic) bond motifs is 1. The van der Waals surface area contributed by atoms with Crippen LogP contribution in [-0.2, 0) is 4.79 Å². The lowest BCUT2D eigenvalue weighted by molar-refractivity contribution is -0.135. The van der Waals surface area contributed by atoms with Gasteiger partial charge in [-0.2, -0.15) is 13.2 Å². The quantitative estimate of drug-likeness (QED) is 0.787. The lowest BCUT2D eigenvalue weighted by Gasteiger charge is -2.35. The largest absolute Gasteiger partial charge is 0.441 e. The number of nitrogens with zero attached hydrogens (tertiary/aromatic N) is 1. The highest BCUT2D eigenvalue weighted by atomic mass is 32.1. The lowest BCUT2D eigenvalue weighted by atomic mass is 9.85. The molecule has 0 aromatic rings. The summed E-state index contributed by atoms with van der Waals surface area (Å²) in [6.45, 7) is 10.8. The molecule has 126 valence electrons. The van der Waals surface area contributed by atoms with Gasteiger partial charge in [0.05, 0.1) is 0 Å². The van der Waals surface area contributed by atoms with Gasteiger partial charge in [0.1, 0.15) is 6.04 Å². The van der Waals surface area contributed by atoms with Crippen molar-refractivity contribution in [1.82, 2.24) is 10.2 Å². The fourth-order valence-corrected chi connectivity index (χ4v) is 3.47. The molecule has 2 aliphatic rings. The third-order valence-corrected chi connectivity index (χ3v) is 5.43. The molecule has 2 fully saturated rings. The molecule has 1 N–H and O–H groups in total. The second-order valence-electron chi connectivity index (χ2n) is 8.05. The molecule has 0 radical (unpaired) electrons. The molecule has 0 spiro atoms. The molecule has 0 aromatic heterocycles. The van der Waals surface area contributed by atoms with Crippen LogP contribution in [0.4, 0.5) is 13.2 Å². The maximum Gasteiger partial charge on any atom is 0.441 e. The zero-order valence-electron chi connectivity index (χ0n) is 13.5. The Morgan fingerprint density at radius 2 is 1.68 bits per heavy atom. The Kier molecular flexibility index (Phi) is 4.04. The van der Waals surface area contributed by atoms with Crippen LogP contribution >= 0.6 is 12.2 Å². The van der Waals surface area contributed by atoms with Crippen molar-refractivity contribution in [3.8, 4) is 0 Å². The number of piperidine rings is 1. The normalized spacial score (nSPS) is 28.1. The minimum absolute atomic E-state index is 0.253. The second kappa shape index (κ2) is 5.08. The molecule has 3 unspecified atom stereocenters. The Morgan fingerprint density at radius 1 is 1.23 bits per heavy atom. The van der Waals surface area contributed by atoms with Gasteiger partial charge >= 0.3 is 6.18 Å². The van der Waals surface area contributed by atoms with Crippen LogP contribution in [0.25, 0.3) is 0 Å². The summed E-state index contributed by atoms with van der Waals surface area (Å²) in [5, 5.41) is 2.24. The van der Waals surface area contributed by atoms with Crippen LogP contribution in [0.2, 0.25) is 0 Å². The van der Waals surface area contributed by atoms with E-state index in [1.165, 1.54) is 0 Å². The van der Waals surface area contributed by atoms with E-state index in [-0.39, 0.29) is 11.3 Å². The standard InChI is InChI=1S/C15H23F3N2OS/c1-13(2,3)10(19-12(22)15(16,17)18)11(21)20-6-8-9(7-20)14(8,4)5/h8-10H,6-7H2,1-5H3,(H,19,22). The van der Waals surface area contributed by atoms with Gasteiger partial charge in [-0.25, -0.2) is 0 Å². The van der Waals surface area contributed by atoms with Gasteiger partial charge in [0, 0.05) is 13.1 Å². The fourth-order valence-electron chi connectivity index (χ4n) is 3.36. The molecule has 1 saturated heterocycles. The number of thiocarbonyl (C=S) groups is 1. The van der Waals surface area contributed by atoms with Gasteiger partial charge in [0.15, 0.2) is 4.99 Å². The summed E-state index contributed by atoms with van der Waals surface area (Å²) in [5.41, 5.74) is -0.405. The van der Waals surface area contributed by atoms with Crippen molar-refractivity contribution < 1.29 is 18.0 Å². The van der Waals surface area contributed by atoms with E-state index in [4.69, 9.17) is 0 Å². The van der Waals surface area contributed by atoms with E-state index in [9.17, 15) is 18.0 Å². The molecule has 2 rings (SSSR count). The average Bonchev–Trinajstić information content (AvgIpc) is 2.75. The van der Waals surface area contributed by atoms with Crippen LogP contribution < -0.4 is 5.32 Å². The summed E-state index contributed by atoms with van der Waals surface area (Å²) in [6.07, 6.45) is -4.62. The number of rotatable bonds is 2. The van der Waals surface area contributed by atoms with E-state index in [0.29, 0.717) is 24.9 Å². The Hall–Kier alpha value is -0.850. The van der Waals surface area contributed by atoms with Crippen LogP contribution in [0, 0.1) is 22.7 Å². The molecule has 7 heteroatoms. The first-order chi connectivity index (χ1) is 9.76. The zero-order valence-corrected chi connectivity index (χ0v) is 14.4. The zero-order chi connectivity index (χ0) is 17.1. The highest BCUT2D eigenvalue weighted by Gasteiger charge is 2.63. The molecule has 0 bridgehead atoms. The predicted molar refractivity (Wildman–Crippen MR) is 82.4 cm³/mol. The summed E-state index contributed by atoms with van der Waals surface area (Å²) >= 11 is 4.39. The summed E-state index contributed by atoms with van der Waals surface area (Å²) in [7, 11) is 0. The first kappa shape index (κ1) is 17.5. The molecule has 3 nitrogen and oxygen atoms in total. The molecule has 3 atom stereocenters. The first-order valence-corrected chi connectivity index (χ1v) is 7.83. The van der Waals surface area contributed by atoms with E-state index in [0.717, 1.165) is 0 Å². The molecule has 1 aliphatic carbocycles. The van der Waals surface area contributed by atoms with Crippen molar-refractivity contribution in [3.63, 3.8) is 0 Å². The monoisotopic (exact) mass is 336 g/mol. The summed E-state index contributed by atoms with van der Waals surface area (Å²) < 4.78 is 38.0. The Morgan fingerprint density at radius 3 is 2.05 bits per heavy atom. The van der Waals surface area contributed by atoms with Crippen molar-refractivity contribution in [2.75, 3.05) is 13.1 Å². The number of hydrogen-bond acceptors (Lipinski definition) is 2. The van der Waals surface area contributed by atoms with Gasteiger partial charge in [0.25, 0.3) is 0 Å². The Bertz CT molecular complexity index is 482. The maximum atomic E-state index is 12.7. The minimum atomic E-state index is -4.62. The Labute approximate surface area is 134 Å². The molecule has 22 heavy (non-hydrogen) atoms. The smallest absolute Gasteiger partial charge is 0.360 e. The minimum Gasteiger partial charge on any atom is -0.360 e. The van der Waals surface area contributed by atoms with Crippen LogP contribution in [0.15, 0.2) is 0 Å². The summed E-state index contributed by atoms with van der Waals surface area (Å²) in [6, 6.07) is -0.970. The number of likely N-dealkylation sites (tertiary alicyclic amines) is 1. The second-order valence-corrected chi connectivity index (χ2v) is 8.46. The number of hydrogen-bond donors (Lipinski definition) is 1. The molecule has 1 amide bonds. The van der Waals surface area contributed by atoms with Crippen molar-refractivity contribution in [1.29, 1.82) is 0 Å². The van der Waals surface area contributed by atoms with Crippen LogP contribution in [0.5, 0.6) is 0 Å². The third kappa shape index (κ3) is 3.09. The van der Waals surface area contributed by atoms with Gasteiger partial charge in [-0.3, -0.25) is 4.79 Å². The van der Waals surface area contributed by atoms with Gasteiger partial charge in [-0.15, -0.1) is 0 Å². The highest BCUT2D eigenvalue weighted by Crippen LogP contribution is 2.62. The SMILES string of the molecule is CC(C)(C)C(NC(=S)C(F)(F)F)C(=O)N1CC2C(C1)C2(C)C. The predicted octanol–water partition coefficient (Wildman–Crippen LogP) is 2.99. The molecule has 1 heterocycles. The van der Waals surface area contributed by atoms with Crippen molar-refractivity contribution in [3.05, 3.63) is 0 Å². The molecular formula is C15H23F3N2OS. The van der Waals surface area contributed by atoms with Gasteiger partial charge in [0.2, 0.25) is 5.91 Å². The number of alkyl halides is 3. The Balaban J connectivity index is 2.08. The third-order valence-electron chi connectivity index (χ3n) is 5.08.